The van der Waals surface area contributed by atoms with E-state index in [4.69, 9.17) is 16.3 Å². The lowest BCUT2D eigenvalue weighted by Crippen LogP contribution is -2.00. The predicted octanol–water partition coefficient (Wildman–Crippen LogP) is 3.85. The van der Waals surface area contributed by atoms with E-state index in [2.05, 4.69) is 15.9 Å². The fourth-order valence-corrected chi connectivity index (χ4v) is 1.89. The highest BCUT2D eigenvalue weighted by molar-refractivity contribution is 9.10. The highest BCUT2D eigenvalue weighted by Gasteiger charge is 2.01. The molecule has 15 heavy (non-hydrogen) atoms. The summed E-state index contributed by atoms with van der Waals surface area (Å²) < 4.78 is 6.32. The molecule has 4 heteroatoms. The summed E-state index contributed by atoms with van der Waals surface area (Å²) in [6.07, 6.45) is 1.30. The van der Waals surface area contributed by atoms with Crippen LogP contribution in [0, 0.1) is 0 Å². The maximum atomic E-state index is 10.7. The Hall–Kier alpha value is -0.540. The third kappa shape index (κ3) is 4.67. The van der Waals surface area contributed by atoms with Crippen LogP contribution in [-0.4, -0.2) is 12.4 Å². The van der Waals surface area contributed by atoms with Gasteiger partial charge in [0.2, 0.25) is 0 Å². The zero-order valence-corrected chi connectivity index (χ0v) is 10.8. The molecule has 0 bridgehead atoms. The van der Waals surface area contributed by atoms with Crippen molar-refractivity contribution >= 4 is 33.3 Å². The van der Waals surface area contributed by atoms with Gasteiger partial charge in [0.1, 0.15) is 11.5 Å². The Morgan fingerprint density at radius 1 is 1.53 bits per heavy atom. The molecule has 1 aromatic rings. The Bertz CT molecular complexity index is 352. The molecule has 0 saturated heterocycles. The highest BCUT2D eigenvalue weighted by atomic mass is 79.9. The van der Waals surface area contributed by atoms with Gasteiger partial charge >= 0.3 is 0 Å². The van der Waals surface area contributed by atoms with Crippen LogP contribution >= 0.6 is 27.5 Å². The summed E-state index contributed by atoms with van der Waals surface area (Å²) >= 11 is 9.14. The Labute approximate surface area is 103 Å². The van der Waals surface area contributed by atoms with E-state index in [-0.39, 0.29) is 5.78 Å². The number of carbonyl (C=O) groups excluding carboxylic acids is 1. The molecule has 2 nitrogen and oxygen atoms in total. The standard InChI is InChI=1S/C11H12BrClO2/c1-8(14)3-2-6-15-11-5-4-9(13)7-10(11)12/h4-5,7H,2-3,6H2,1H3. The van der Waals surface area contributed by atoms with Gasteiger partial charge in [-0.25, -0.2) is 0 Å². The third-order valence-electron chi connectivity index (χ3n) is 1.82. The van der Waals surface area contributed by atoms with E-state index in [1.54, 1.807) is 25.1 Å². The Kier molecular flexibility index (Phi) is 5.12. The van der Waals surface area contributed by atoms with Crippen LogP contribution in [0.4, 0.5) is 0 Å². The molecule has 0 aliphatic rings. The second-order valence-corrected chi connectivity index (χ2v) is 4.52. The zero-order valence-electron chi connectivity index (χ0n) is 8.43. The third-order valence-corrected chi connectivity index (χ3v) is 2.68. The van der Waals surface area contributed by atoms with Gasteiger partial charge in [0.25, 0.3) is 0 Å². The minimum Gasteiger partial charge on any atom is -0.492 e. The van der Waals surface area contributed by atoms with Gasteiger partial charge in [-0.1, -0.05) is 11.6 Å². The molecule has 1 rings (SSSR count). The molecule has 1 aromatic carbocycles. The Morgan fingerprint density at radius 2 is 2.27 bits per heavy atom. The number of Topliss-reactive ketones (excluding diaryl/α,β-unsaturated/α-hetero) is 1. The predicted molar refractivity (Wildman–Crippen MR) is 64.6 cm³/mol. The molecule has 0 aliphatic carbocycles. The molecule has 82 valence electrons. The van der Waals surface area contributed by atoms with E-state index < -0.39 is 0 Å². The molecule has 0 unspecified atom stereocenters. The number of hydrogen-bond donors (Lipinski definition) is 0. The molecule has 0 atom stereocenters. The molecule has 0 radical (unpaired) electrons. The van der Waals surface area contributed by atoms with Gasteiger partial charge < -0.3 is 9.53 Å². The minimum absolute atomic E-state index is 0.189. The van der Waals surface area contributed by atoms with Crippen LogP contribution < -0.4 is 4.74 Å². The largest absolute Gasteiger partial charge is 0.492 e. The zero-order chi connectivity index (χ0) is 11.3. The fourth-order valence-electron chi connectivity index (χ4n) is 1.10. The van der Waals surface area contributed by atoms with E-state index in [1.807, 2.05) is 0 Å². The number of carbonyl (C=O) groups is 1. The summed E-state index contributed by atoms with van der Waals surface area (Å²) in [5.41, 5.74) is 0. The number of ether oxygens (including phenoxy) is 1. The molecule has 0 fully saturated rings. The van der Waals surface area contributed by atoms with Crippen molar-refractivity contribution in [3.8, 4) is 5.75 Å². The summed E-state index contributed by atoms with van der Waals surface area (Å²) in [6.45, 7) is 2.12. The first-order valence-electron chi connectivity index (χ1n) is 4.67. The van der Waals surface area contributed by atoms with Crippen LogP contribution in [0.15, 0.2) is 22.7 Å². The molecular formula is C11H12BrClO2. The van der Waals surface area contributed by atoms with Gasteiger partial charge in [0.15, 0.2) is 0 Å². The lowest BCUT2D eigenvalue weighted by Gasteiger charge is -2.07. The van der Waals surface area contributed by atoms with E-state index in [1.165, 1.54) is 0 Å². The summed E-state index contributed by atoms with van der Waals surface area (Å²) in [7, 11) is 0. The summed E-state index contributed by atoms with van der Waals surface area (Å²) in [5.74, 6) is 0.941. The van der Waals surface area contributed by atoms with Crippen molar-refractivity contribution in [2.24, 2.45) is 0 Å². The van der Waals surface area contributed by atoms with E-state index >= 15 is 0 Å². The lowest BCUT2D eigenvalue weighted by atomic mass is 10.2. The van der Waals surface area contributed by atoms with Gasteiger partial charge in [-0.3, -0.25) is 0 Å². The first kappa shape index (κ1) is 12.5. The van der Waals surface area contributed by atoms with Crippen molar-refractivity contribution in [3.63, 3.8) is 0 Å². The summed E-state index contributed by atoms with van der Waals surface area (Å²) in [5, 5.41) is 0.665. The maximum Gasteiger partial charge on any atom is 0.133 e. The molecule has 0 saturated carbocycles. The van der Waals surface area contributed by atoms with Crippen molar-refractivity contribution in [2.45, 2.75) is 19.8 Å². The van der Waals surface area contributed by atoms with E-state index in [9.17, 15) is 4.79 Å². The van der Waals surface area contributed by atoms with Gasteiger partial charge in [-0.2, -0.15) is 0 Å². The van der Waals surface area contributed by atoms with E-state index in [0.717, 1.165) is 16.6 Å². The number of benzene rings is 1. The second kappa shape index (κ2) is 6.13. The van der Waals surface area contributed by atoms with Crippen molar-refractivity contribution < 1.29 is 9.53 Å². The van der Waals surface area contributed by atoms with Crippen LogP contribution in [0.3, 0.4) is 0 Å². The monoisotopic (exact) mass is 290 g/mol. The first-order chi connectivity index (χ1) is 7.09. The van der Waals surface area contributed by atoms with Crippen molar-refractivity contribution in [1.29, 1.82) is 0 Å². The summed E-state index contributed by atoms with van der Waals surface area (Å²) in [6, 6.07) is 5.36. The van der Waals surface area contributed by atoms with Crippen molar-refractivity contribution in [3.05, 3.63) is 27.7 Å². The number of ketones is 1. The fraction of sp³-hybridized carbons (Fsp3) is 0.364. The lowest BCUT2D eigenvalue weighted by molar-refractivity contribution is -0.117. The molecule has 0 N–H and O–H groups in total. The SMILES string of the molecule is CC(=O)CCCOc1ccc(Cl)cc1Br. The Morgan fingerprint density at radius 3 is 2.87 bits per heavy atom. The van der Waals surface area contributed by atoms with Crippen LogP contribution in [0.25, 0.3) is 0 Å². The van der Waals surface area contributed by atoms with Crippen LogP contribution in [0.2, 0.25) is 5.02 Å². The van der Waals surface area contributed by atoms with Crippen LogP contribution in [0.5, 0.6) is 5.75 Å². The van der Waals surface area contributed by atoms with Gasteiger partial charge in [0.05, 0.1) is 11.1 Å². The quantitative estimate of drug-likeness (QED) is 0.770. The average molecular weight is 292 g/mol. The second-order valence-electron chi connectivity index (χ2n) is 3.23. The maximum absolute atomic E-state index is 10.7. The van der Waals surface area contributed by atoms with E-state index in [0.29, 0.717) is 18.1 Å². The molecule has 0 spiro atoms. The normalized spacial score (nSPS) is 10.1. The first-order valence-corrected chi connectivity index (χ1v) is 5.84. The van der Waals surface area contributed by atoms with Gasteiger partial charge in [-0.15, -0.1) is 0 Å². The molecule has 0 heterocycles. The van der Waals surface area contributed by atoms with Gasteiger partial charge in [-0.05, 0) is 47.5 Å². The van der Waals surface area contributed by atoms with Crippen molar-refractivity contribution in [1.82, 2.24) is 0 Å². The number of halogens is 2. The Balaban J connectivity index is 2.40. The number of rotatable bonds is 5. The average Bonchev–Trinajstić information content (AvgIpc) is 2.14. The summed E-state index contributed by atoms with van der Waals surface area (Å²) in [4.78, 5) is 10.7. The van der Waals surface area contributed by atoms with Crippen molar-refractivity contribution in [2.75, 3.05) is 6.61 Å². The van der Waals surface area contributed by atoms with Crippen LogP contribution in [0.1, 0.15) is 19.8 Å². The molecule has 0 aromatic heterocycles. The smallest absolute Gasteiger partial charge is 0.133 e. The number of hydrogen-bond acceptors (Lipinski definition) is 2. The van der Waals surface area contributed by atoms with Crippen LogP contribution in [-0.2, 0) is 4.79 Å². The molecular weight excluding hydrogens is 279 g/mol. The highest BCUT2D eigenvalue weighted by Crippen LogP contribution is 2.27. The topological polar surface area (TPSA) is 26.3 Å². The van der Waals surface area contributed by atoms with Gasteiger partial charge in [0, 0.05) is 11.4 Å². The molecule has 0 amide bonds. The molecule has 0 aliphatic heterocycles. The minimum atomic E-state index is 0.189.